The van der Waals surface area contributed by atoms with E-state index in [0.29, 0.717) is 12.8 Å². The van der Waals surface area contributed by atoms with Crippen LogP contribution in [-0.4, -0.2) is 47.8 Å². The van der Waals surface area contributed by atoms with Crippen LogP contribution in [0.4, 0.5) is 0 Å². The predicted molar refractivity (Wildman–Crippen MR) is 119 cm³/mol. The molecule has 4 heteroatoms. The molecule has 4 nitrogen and oxygen atoms in total. The minimum atomic E-state index is -0.475. The molecule has 0 radical (unpaired) electrons. The summed E-state index contributed by atoms with van der Waals surface area (Å²) in [4.78, 5) is 29.4. The third-order valence-electron chi connectivity index (χ3n) is 5.96. The molecular weight excluding hydrogens is 372 g/mol. The van der Waals surface area contributed by atoms with E-state index in [1.165, 1.54) is 0 Å². The SMILES string of the molecule is CN1C(=O)[C@H](Cc2ccccc2)N(C)C(=O)[C@H]1Cc1ccc(-c2ccccc2)cc1. The van der Waals surface area contributed by atoms with Gasteiger partial charge in [0, 0.05) is 26.9 Å². The van der Waals surface area contributed by atoms with Gasteiger partial charge in [-0.1, -0.05) is 84.9 Å². The van der Waals surface area contributed by atoms with Crippen LogP contribution in [0.5, 0.6) is 0 Å². The van der Waals surface area contributed by atoms with Crippen molar-refractivity contribution in [3.63, 3.8) is 0 Å². The summed E-state index contributed by atoms with van der Waals surface area (Å²) in [6.45, 7) is 0. The van der Waals surface area contributed by atoms with Gasteiger partial charge in [-0.2, -0.15) is 0 Å². The highest BCUT2D eigenvalue weighted by Crippen LogP contribution is 2.24. The van der Waals surface area contributed by atoms with Crippen molar-refractivity contribution in [3.8, 4) is 11.1 Å². The van der Waals surface area contributed by atoms with Crippen molar-refractivity contribution in [3.05, 3.63) is 96.1 Å². The van der Waals surface area contributed by atoms with Crippen molar-refractivity contribution in [2.45, 2.75) is 24.9 Å². The fourth-order valence-electron chi connectivity index (χ4n) is 4.08. The molecule has 30 heavy (non-hydrogen) atoms. The largest absolute Gasteiger partial charge is 0.332 e. The lowest BCUT2D eigenvalue weighted by atomic mass is 9.95. The summed E-state index contributed by atoms with van der Waals surface area (Å²) in [5.74, 6) is -0.0166. The third-order valence-corrected chi connectivity index (χ3v) is 5.96. The van der Waals surface area contributed by atoms with Crippen molar-refractivity contribution in [2.24, 2.45) is 0 Å². The summed E-state index contributed by atoms with van der Waals surface area (Å²) in [7, 11) is 3.49. The summed E-state index contributed by atoms with van der Waals surface area (Å²) < 4.78 is 0. The van der Waals surface area contributed by atoms with E-state index in [0.717, 1.165) is 22.3 Å². The van der Waals surface area contributed by atoms with E-state index in [9.17, 15) is 9.59 Å². The number of amides is 2. The number of piperazine rings is 1. The average Bonchev–Trinajstić information content (AvgIpc) is 2.80. The quantitative estimate of drug-likeness (QED) is 0.656. The normalized spacial score (nSPS) is 19.3. The van der Waals surface area contributed by atoms with E-state index in [2.05, 4.69) is 24.3 Å². The smallest absolute Gasteiger partial charge is 0.246 e. The number of rotatable bonds is 5. The molecule has 4 rings (SSSR count). The second kappa shape index (κ2) is 8.54. The van der Waals surface area contributed by atoms with Crippen LogP contribution in [0.1, 0.15) is 11.1 Å². The molecule has 1 fully saturated rings. The van der Waals surface area contributed by atoms with Crippen LogP contribution in [0, 0.1) is 0 Å². The number of hydrogen-bond acceptors (Lipinski definition) is 2. The van der Waals surface area contributed by atoms with Crippen LogP contribution in [0.2, 0.25) is 0 Å². The number of carbonyl (C=O) groups is 2. The van der Waals surface area contributed by atoms with Gasteiger partial charge in [0.25, 0.3) is 0 Å². The first-order valence-corrected chi connectivity index (χ1v) is 10.3. The standard InChI is InChI=1S/C26H26N2O2/c1-27-23(17-19-9-5-3-6-10-19)25(29)28(2)24(26(27)30)18-20-13-15-22(16-14-20)21-11-7-4-8-12-21/h3-16,23-24H,17-18H2,1-2H3/t23-,24+/m0/s1. The highest BCUT2D eigenvalue weighted by Gasteiger charge is 2.42. The molecule has 0 unspecified atom stereocenters. The maximum absolute atomic E-state index is 13.1. The van der Waals surface area contributed by atoms with Crippen LogP contribution in [-0.2, 0) is 22.4 Å². The molecular formula is C26H26N2O2. The van der Waals surface area contributed by atoms with Crippen LogP contribution in [0.3, 0.4) is 0 Å². The van der Waals surface area contributed by atoms with Crippen LogP contribution in [0.25, 0.3) is 11.1 Å². The first kappa shape index (κ1) is 19.9. The maximum Gasteiger partial charge on any atom is 0.246 e. The summed E-state index contributed by atoms with van der Waals surface area (Å²) in [5, 5.41) is 0. The highest BCUT2D eigenvalue weighted by molar-refractivity contribution is 5.97. The Balaban J connectivity index is 1.49. The Morgan fingerprint density at radius 1 is 0.567 bits per heavy atom. The van der Waals surface area contributed by atoms with Gasteiger partial charge in [0.05, 0.1) is 0 Å². The van der Waals surface area contributed by atoms with E-state index in [1.54, 1.807) is 23.9 Å². The first-order chi connectivity index (χ1) is 14.5. The summed E-state index contributed by atoms with van der Waals surface area (Å²) in [5.41, 5.74) is 4.40. The molecule has 0 bridgehead atoms. The summed E-state index contributed by atoms with van der Waals surface area (Å²) >= 11 is 0. The molecule has 3 aromatic rings. The molecule has 1 saturated heterocycles. The predicted octanol–water partition coefficient (Wildman–Crippen LogP) is 3.81. The molecule has 0 saturated carbocycles. The monoisotopic (exact) mass is 398 g/mol. The van der Waals surface area contributed by atoms with Gasteiger partial charge >= 0.3 is 0 Å². The Bertz CT molecular complexity index is 1020. The van der Waals surface area contributed by atoms with Gasteiger partial charge < -0.3 is 9.80 Å². The van der Waals surface area contributed by atoms with Crippen molar-refractivity contribution in [2.75, 3.05) is 14.1 Å². The highest BCUT2D eigenvalue weighted by atomic mass is 16.2. The van der Waals surface area contributed by atoms with Crippen LogP contribution in [0.15, 0.2) is 84.9 Å². The Morgan fingerprint density at radius 3 is 1.47 bits per heavy atom. The van der Waals surface area contributed by atoms with Gasteiger partial charge in [0.2, 0.25) is 11.8 Å². The Hall–Kier alpha value is -3.40. The lowest BCUT2D eigenvalue weighted by molar-refractivity contribution is -0.158. The average molecular weight is 399 g/mol. The molecule has 0 spiro atoms. The first-order valence-electron chi connectivity index (χ1n) is 10.3. The number of likely N-dealkylation sites (N-methyl/N-ethyl adjacent to an activating group) is 2. The zero-order valence-corrected chi connectivity index (χ0v) is 17.4. The van der Waals surface area contributed by atoms with E-state index in [4.69, 9.17) is 0 Å². The minimum Gasteiger partial charge on any atom is -0.332 e. The van der Waals surface area contributed by atoms with Crippen molar-refractivity contribution < 1.29 is 9.59 Å². The zero-order chi connectivity index (χ0) is 21.1. The van der Waals surface area contributed by atoms with E-state index in [1.807, 2.05) is 60.7 Å². The second-order valence-corrected chi connectivity index (χ2v) is 7.89. The minimum absolute atomic E-state index is 0.00754. The van der Waals surface area contributed by atoms with Crippen molar-refractivity contribution in [1.29, 1.82) is 0 Å². The summed E-state index contributed by atoms with van der Waals surface area (Å²) in [6.07, 6.45) is 1.04. The zero-order valence-electron chi connectivity index (χ0n) is 17.4. The topological polar surface area (TPSA) is 40.6 Å². The summed E-state index contributed by atoms with van der Waals surface area (Å²) in [6, 6.07) is 27.3. The molecule has 0 aromatic heterocycles. The molecule has 0 aliphatic carbocycles. The number of nitrogens with zero attached hydrogens (tertiary/aromatic N) is 2. The van der Waals surface area contributed by atoms with Gasteiger partial charge in [0.15, 0.2) is 0 Å². The van der Waals surface area contributed by atoms with E-state index in [-0.39, 0.29) is 11.8 Å². The molecule has 1 aliphatic rings. The molecule has 1 aliphatic heterocycles. The molecule has 152 valence electrons. The molecule has 2 amide bonds. The maximum atomic E-state index is 13.1. The van der Waals surface area contributed by atoms with Gasteiger partial charge in [-0.25, -0.2) is 0 Å². The van der Waals surface area contributed by atoms with Gasteiger partial charge in [-0.05, 0) is 22.3 Å². The number of carbonyl (C=O) groups excluding carboxylic acids is 2. The fraction of sp³-hybridized carbons (Fsp3) is 0.231. The van der Waals surface area contributed by atoms with Crippen LogP contribution < -0.4 is 0 Å². The van der Waals surface area contributed by atoms with E-state index >= 15 is 0 Å². The third kappa shape index (κ3) is 3.99. The van der Waals surface area contributed by atoms with Gasteiger partial charge in [0.1, 0.15) is 12.1 Å². The lowest BCUT2D eigenvalue weighted by Gasteiger charge is -2.42. The molecule has 0 N–H and O–H groups in total. The Kier molecular flexibility index (Phi) is 5.66. The Labute approximate surface area is 177 Å². The number of hydrogen-bond donors (Lipinski definition) is 0. The van der Waals surface area contributed by atoms with Gasteiger partial charge in [-0.3, -0.25) is 9.59 Å². The van der Waals surface area contributed by atoms with Crippen molar-refractivity contribution in [1.82, 2.24) is 9.80 Å². The molecule has 1 heterocycles. The molecule has 2 atom stereocenters. The molecule has 3 aromatic carbocycles. The lowest BCUT2D eigenvalue weighted by Crippen LogP contribution is -2.63. The van der Waals surface area contributed by atoms with Crippen molar-refractivity contribution >= 4 is 11.8 Å². The second-order valence-electron chi connectivity index (χ2n) is 7.89. The fourth-order valence-corrected chi connectivity index (χ4v) is 4.08. The number of benzene rings is 3. The Morgan fingerprint density at radius 2 is 0.967 bits per heavy atom. The van der Waals surface area contributed by atoms with Gasteiger partial charge in [-0.15, -0.1) is 0 Å². The van der Waals surface area contributed by atoms with Crippen LogP contribution >= 0.6 is 0 Å². The van der Waals surface area contributed by atoms with E-state index < -0.39 is 12.1 Å².